The second-order valence-electron chi connectivity index (χ2n) is 20.0. The summed E-state index contributed by atoms with van der Waals surface area (Å²) in [6, 6.07) is -1.20. The van der Waals surface area contributed by atoms with Crippen LogP contribution in [0.5, 0.6) is 0 Å². The average Bonchev–Trinajstić information content (AvgIpc) is 3.33. The van der Waals surface area contributed by atoms with Crippen LogP contribution in [0.2, 0.25) is 0 Å². The van der Waals surface area contributed by atoms with Gasteiger partial charge in [-0.3, -0.25) is 4.79 Å². The molecule has 1 aliphatic rings. The van der Waals surface area contributed by atoms with Crippen molar-refractivity contribution in [1.29, 1.82) is 0 Å². The van der Waals surface area contributed by atoms with Crippen LogP contribution in [0.15, 0.2) is 24.3 Å². The van der Waals surface area contributed by atoms with Crippen LogP contribution >= 0.6 is 0 Å². The molecule has 0 aromatic carbocycles. The number of allylic oxidation sites excluding steroid dienone is 4. The third-order valence-electron chi connectivity index (χ3n) is 13.7. The van der Waals surface area contributed by atoms with Crippen LogP contribution < -0.4 is 5.32 Å². The zero-order valence-corrected chi connectivity index (χ0v) is 43.1. The first-order chi connectivity index (χ1) is 32.7. The molecule has 1 amide bonds. The summed E-state index contributed by atoms with van der Waals surface area (Å²) in [7, 11) is 0. The lowest BCUT2D eigenvalue weighted by Crippen LogP contribution is -2.60. The number of hydrogen-bond acceptors (Lipinski definition) is 10. The second kappa shape index (κ2) is 45.7. The second-order valence-corrected chi connectivity index (χ2v) is 20.0. The van der Waals surface area contributed by atoms with Gasteiger partial charge in [-0.25, -0.2) is 0 Å². The molecule has 0 aromatic rings. The Balaban J connectivity index is 2.18. The first kappa shape index (κ1) is 63.6. The molecule has 11 heteroatoms. The summed E-state index contributed by atoms with van der Waals surface area (Å²) in [6.45, 7) is 3.37. The number of unbranched alkanes of at least 4 members (excludes halogenated alkanes) is 32. The molecule has 0 aromatic heterocycles. The highest BCUT2D eigenvalue weighted by atomic mass is 16.7. The Labute approximate surface area is 410 Å². The van der Waals surface area contributed by atoms with E-state index in [0.29, 0.717) is 12.8 Å². The SMILES string of the molecule is CCCCCC/C=C\CCC(O)C(=O)NC(COC1OC(CO)C(O)C(O)C1O)C(O)C(O)CCC/C=C/CCCCCCCCCCCCCCCCCCCCCCCCCCCCC. The van der Waals surface area contributed by atoms with Gasteiger partial charge < -0.3 is 50.5 Å². The average molecular weight is 954 g/mol. The summed E-state index contributed by atoms with van der Waals surface area (Å²) >= 11 is 0. The molecular weight excluding hydrogens is 847 g/mol. The van der Waals surface area contributed by atoms with Crippen LogP contribution in [0.1, 0.15) is 258 Å². The zero-order valence-electron chi connectivity index (χ0n) is 43.1. The van der Waals surface area contributed by atoms with Gasteiger partial charge >= 0.3 is 0 Å². The van der Waals surface area contributed by atoms with Crippen molar-refractivity contribution in [3.8, 4) is 0 Å². The highest BCUT2D eigenvalue weighted by Crippen LogP contribution is 2.23. The molecule has 1 heterocycles. The van der Waals surface area contributed by atoms with Crippen molar-refractivity contribution in [3.05, 3.63) is 24.3 Å². The molecule has 0 spiro atoms. The van der Waals surface area contributed by atoms with Gasteiger partial charge in [-0.2, -0.15) is 0 Å². The van der Waals surface area contributed by atoms with Gasteiger partial charge in [-0.05, 0) is 57.8 Å². The number of ether oxygens (including phenoxy) is 2. The molecule has 1 aliphatic heterocycles. The number of amides is 1. The molecule has 8 N–H and O–H groups in total. The van der Waals surface area contributed by atoms with E-state index in [2.05, 4.69) is 37.4 Å². The first-order valence-electron chi connectivity index (χ1n) is 28.2. The fourth-order valence-corrected chi connectivity index (χ4v) is 9.09. The largest absolute Gasteiger partial charge is 0.394 e. The monoisotopic (exact) mass is 954 g/mol. The highest BCUT2D eigenvalue weighted by molar-refractivity contribution is 5.80. The molecule has 1 saturated heterocycles. The maximum atomic E-state index is 13.0. The zero-order chi connectivity index (χ0) is 49.0. The van der Waals surface area contributed by atoms with Crippen LogP contribution in [-0.2, 0) is 14.3 Å². The Bertz CT molecular complexity index is 1140. The lowest BCUT2D eigenvalue weighted by atomic mass is 9.99. The van der Waals surface area contributed by atoms with Crippen LogP contribution in [0.25, 0.3) is 0 Å². The Morgan fingerprint density at radius 1 is 0.507 bits per heavy atom. The van der Waals surface area contributed by atoms with Crippen molar-refractivity contribution < 1.29 is 50.0 Å². The van der Waals surface area contributed by atoms with Gasteiger partial charge in [0.15, 0.2) is 6.29 Å². The molecule has 0 aliphatic carbocycles. The van der Waals surface area contributed by atoms with Crippen molar-refractivity contribution in [2.45, 2.75) is 313 Å². The Morgan fingerprint density at radius 3 is 1.30 bits per heavy atom. The summed E-state index contributed by atoms with van der Waals surface area (Å²) in [5.74, 6) is -0.742. The van der Waals surface area contributed by atoms with Crippen LogP contribution in [0.3, 0.4) is 0 Å². The number of rotatable bonds is 48. The van der Waals surface area contributed by atoms with Crippen LogP contribution in [-0.4, -0.2) is 110 Å². The Hall–Kier alpha value is -1.41. The molecule has 0 radical (unpaired) electrons. The summed E-state index contributed by atoms with van der Waals surface area (Å²) < 4.78 is 11.1. The molecule has 9 unspecified atom stereocenters. The minimum Gasteiger partial charge on any atom is -0.394 e. The van der Waals surface area contributed by atoms with Gasteiger partial charge in [0.1, 0.15) is 36.6 Å². The van der Waals surface area contributed by atoms with E-state index in [1.165, 1.54) is 186 Å². The van der Waals surface area contributed by atoms with Crippen LogP contribution in [0, 0.1) is 0 Å². The smallest absolute Gasteiger partial charge is 0.249 e. The molecule has 67 heavy (non-hydrogen) atoms. The topological polar surface area (TPSA) is 189 Å². The normalized spacial score (nSPS) is 20.8. The van der Waals surface area contributed by atoms with E-state index in [9.17, 15) is 40.5 Å². The summed E-state index contributed by atoms with van der Waals surface area (Å²) in [4.78, 5) is 13.0. The van der Waals surface area contributed by atoms with Crippen molar-refractivity contribution in [2.24, 2.45) is 0 Å². The minimum atomic E-state index is -1.67. The predicted octanol–water partition coefficient (Wildman–Crippen LogP) is 11.3. The van der Waals surface area contributed by atoms with E-state index >= 15 is 0 Å². The predicted molar refractivity (Wildman–Crippen MR) is 275 cm³/mol. The molecule has 1 rings (SSSR count). The Morgan fingerprint density at radius 2 is 0.881 bits per heavy atom. The van der Waals surface area contributed by atoms with Crippen molar-refractivity contribution >= 4 is 5.91 Å². The lowest BCUT2D eigenvalue weighted by Gasteiger charge is -2.40. The summed E-state index contributed by atoms with van der Waals surface area (Å²) in [6.07, 6.45) is 43.1. The first-order valence-corrected chi connectivity index (χ1v) is 28.2. The lowest BCUT2D eigenvalue weighted by molar-refractivity contribution is -0.303. The van der Waals surface area contributed by atoms with E-state index in [4.69, 9.17) is 9.47 Å². The number of aliphatic hydroxyl groups is 7. The number of carbonyl (C=O) groups is 1. The van der Waals surface area contributed by atoms with Gasteiger partial charge in [-0.1, -0.05) is 224 Å². The minimum absolute atomic E-state index is 0.169. The van der Waals surface area contributed by atoms with Crippen LogP contribution in [0.4, 0.5) is 0 Å². The van der Waals surface area contributed by atoms with Gasteiger partial charge in [0.25, 0.3) is 0 Å². The number of hydrogen-bond donors (Lipinski definition) is 8. The van der Waals surface area contributed by atoms with E-state index < -0.39 is 74.2 Å². The fraction of sp³-hybridized carbons (Fsp3) is 0.911. The summed E-state index contributed by atoms with van der Waals surface area (Å²) in [5.41, 5.74) is 0. The highest BCUT2D eigenvalue weighted by Gasteiger charge is 2.44. The maximum Gasteiger partial charge on any atom is 0.249 e. The van der Waals surface area contributed by atoms with Gasteiger partial charge in [0, 0.05) is 0 Å². The van der Waals surface area contributed by atoms with Gasteiger partial charge in [0.2, 0.25) is 5.91 Å². The number of aliphatic hydroxyl groups excluding tert-OH is 7. The molecule has 0 saturated carbocycles. The molecule has 0 bridgehead atoms. The maximum absolute atomic E-state index is 13.0. The third kappa shape index (κ3) is 34.5. The van der Waals surface area contributed by atoms with Gasteiger partial charge in [-0.15, -0.1) is 0 Å². The van der Waals surface area contributed by atoms with E-state index in [1.807, 2.05) is 6.08 Å². The van der Waals surface area contributed by atoms with Crippen molar-refractivity contribution in [1.82, 2.24) is 5.32 Å². The molecular formula is C56H107NO10. The van der Waals surface area contributed by atoms with Crippen molar-refractivity contribution in [3.63, 3.8) is 0 Å². The molecule has 396 valence electrons. The number of carbonyl (C=O) groups excluding carboxylic acids is 1. The van der Waals surface area contributed by atoms with E-state index in [-0.39, 0.29) is 12.8 Å². The molecule has 9 atom stereocenters. The molecule has 1 fully saturated rings. The third-order valence-corrected chi connectivity index (χ3v) is 13.7. The standard InChI is InChI=1S/C56H107NO10/c1-3-5-7-9-11-13-14-15-16-17-18-19-20-21-22-23-24-25-26-27-28-29-30-31-32-33-34-35-36-38-39-41-43-48(59)51(61)47(46-66-56-54(64)53(63)52(62)50(45-58)67-56)57-55(65)49(60)44-42-40-37-12-10-8-6-4-2/h36-38,40,47-54,56,58-64H,3-35,39,41-46H2,1-2H3,(H,57,65)/b38-36+,40-37-. The Kier molecular flexibility index (Phi) is 43.4. The van der Waals surface area contributed by atoms with E-state index in [0.717, 1.165) is 32.1 Å². The number of nitrogens with one attached hydrogen (secondary N) is 1. The quantitative estimate of drug-likeness (QED) is 0.0215. The van der Waals surface area contributed by atoms with E-state index in [1.54, 1.807) is 0 Å². The summed E-state index contributed by atoms with van der Waals surface area (Å²) in [5, 5.41) is 75.5. The molecule has 11 nitrogen and oxygen atoms in total. The fourth-order valence-electron chi connectivity index (χ4n) is 9.09. The van der Waals surface area contributed by atoms with Crippen molar-refractivity contribution in [2.75, 3.05) is 13.2 Å². The van der Waals surface area contributed by atoms with Gasteiger partial charge in [0.05, 0.1) is 25.4 Å².